The first-order valence-electron chi connectivity index (χ1n) is 23.9. The summed E-state index contributed by atoms with van der Waals surface area (Å²) in [6.45, 7) is 67.5. The van der Waals surface area contributed by atoms with Gasteiger partial charge in [-0.25, -0.2) is 0 Å². The number of hydrogen-bond donors (Lipinski definition) is 0. The molecule has 2 saturated carbocycles. The molecule has 55 heavy (non-hydrogen) atoms. The highest BCUT2D eigenvalue weighted by molar-refractivity contribution is 6.77. The maximum Gasteiger partial charge on any atom is 0.0448 e. The lowest BCUT2D eigenvalue weighted by molar-refractivity contribution is 0.242. The lowest BCUT2D eigenvalue weighted by Crippen LogP contribution is -2.32. The van der Waals surface area contributed by atoms with Gasteiger partial charge < -0.3 is 0 Å². The molecule has 0 aromatic heterocycles. The summed E-state index contributed by atoms with van der Waals surface area (Å²) in [5.74, 6) is 1.81. The smallest absolute Gasteiger partial charge is 0.0448 e. The van der Waals surface area contributed by atoms with Crippen LogP contribution < -0.4 is 0 Å². The maximum atomic E-state index is 2.52. The predicted molar refractivity (Wildman–Crippen MR) is 286 cm³/mol. The molecule has 2 fully saturated rings. The third-order valence-electron chi connectivity index (χ3n) is 9.89. The van der Waals surface area contributed by atoms with Crippen LogP contribution >= 0.6 is 0 Å². The van der Waals surface area contributed by atoms with Crippen molar-refractivity contribution in [3.8, 4) is 0 Å². The molecule has 338 valence electrons. The Morgan fingerprint density at radius 3 is 0.800 bits per heavy atom. The van der Waals surface area contributed by atoms with Gasteiger partial charge in [-0.1, -0.05) is 262 Å². The van der Waals surface area contributed by atoms with Crippen molar-refractivity contribution in [2.45, 2.75) is 288 Å². The van der Waals surface area contributed by atoms with Crippen molar-refractivity contribution in [2.24, 2.45) is 28.1 Å². The molecule has 0 N–H and O–H groups in total. The number of rotatable bonds is 11. The van der Waals surface area contributed by atoms with E-state index in [1.165, 1.54) is 88.4 Å². The Kier molecular flexibility index (Phi) is 31.2. The molecule has 0 atom stereocenters. The van der Waals surface area contributed by atoms with E-state index in [1.807, 2.05) is 0 Å². The molecule has 0 heterocycles. The van der Waals surface area contributed by atoms with E-state index in [4.69, 9.17) is 0 Å². The third-order valence-corrected chi connectivity index (χ3v) is 21.9. The zero-order valence-corrected chi connectivity index (χ0v) is 51.0. The van der Waals surface area contributed by atoms with Gasteiger partial charge in [0, 0.05) is 48.4 Å². The summed E-state index contributed by atoms with van der Waals surface area (Å²) in [5.41, 5.74) is 2.01. The molecule has 0 aromatic carbocycles. The van der Waals surface area contributed by atoms with E-state index in [0.29, 0.717) is 5.41 Å². The molecular weight excluding hydrogens is 757 g/mol. The Morgan fingerprint density at radius 1 is 0.418 bits per heavy atom. The second-order valence-corrected chi connectivity index (χ2v) is 61.9. The van der Waals surface area contributed by atoms with Gasteiger partial charge >= 0.3 is 0 Å². The summed E-state index contributed by atoms with van der Waals surface area (Å²) in [5, 5.41) is 0. The van der Waals surface area contributed by atoms with Gasteiger partial charge in [0.2, 0.25) is 0 Å². The fourth-order valence-corrected chi connectivity index (χ4v) is 25.7. The first-order chi connectivity index (χ1) is 23.9. The van der Waals surface area contributed by atoms with E-state index in [-0.39, 0.29) is 0 Å². The van der Waals surface area contributed by atoms with Crippen molar-refractivity contribution in [2.75, 3.05) is 0 Å². The molecule has 0 aromatic rings. The molecule has 0 radical (unpaired) electrons. The summed E-state index contributed by atoms with van der Waals surface area (Å²) < 4.78 is 0. The average Bonchev–Trinajstić information content (AvgIpc) is 3.23. The molecule has 0 unspecified atom stereocenters. The monoisotopic (exact) mass is 875 g/mol. The van der Waals surface area contributed by atoms with Crippen LogP contribution in [0.1, 0.15) is 133 Å². The Balaban J connectivity index is -0.000000287. The van der Waals surface area contributed by atoms with Crippen LogP contribution in [0, 0.1) is 28.1 Å². The number of hydrogen-bond acceptors (Lipinski definition) is 0. The molecule has 0 nitrogen and oxygen atoms in total. The van der Waals surface area contributed by atoms with Crippen LogP contribution in [0.3, 0.4) is 0 Å². The zero-order chi connectivity index (χ0) is 45.0. The average molecular weight is 876 g/mol. The van der Waals surface area contributed by atoms with Crippen LogP contribution in [0.25, 0.3) is 0 Å². The Hall–Kier alpha value is 1.30. The van der Waals surface area contributed by atoms with E-state index in [9.17, 15) is 0 Å². The molecule has 0 bridgehead atoms. The lowest BCUT2D eigenvalue weighted by Gasteiger charge is -2.38. The highest BCUT2D eigenvalue weighted by atomic mass is 28.3. The highest BCUT2D eigenvalue weighted by Crippen LogP contribution is 2.44. The van der Waals surface area contributed by atoms with Crippen LogP contribution in [-0.2, 0) is 0 Å². The van der Waals surface area contributed by atoms with E-state index in [2.05, 4.69) is 187 Å². The highest BCUT2D eigenvalue weighted by Gasteiger charge is 2.34. The quantitative estimate of drug-likeness (QED) is 0.181. The standard InChI is InChI=1S/C11H24Si.C10H22Si.C8H20Si.2C7H18Si.C6H16Si/c1-11(10-12(2,3)4)8-6-5-7-9-11;1-10(7-5-6-8-10)9-11(2,3)4;1-8(2,3)7-9(4,5)6;2*1-7(2)6-8(3,4)5;1-5-6-7(2,3)4/h5-10H2,1-4H3;5-9H2,1-4H3;7H2,1-6H3;2*7H,6H2,1-5H3;5-6H2,1-4H3. The van der Waals surface area contributed by atoms with E-state index < -0.39 is 48.4 Å². The largest absolute Gasteiger partial charge is 0.0695 e. The summed E-state index contributed by atoms with van der Waals surface area (Å²) in [7, 11) is -4.50. The second-order valence-electron chi connectivity index (χ2n) is 28.8. The van der Waals surface area contributed by atoms with Gasteiger partial charge in [0.15, 0.2) is 0 Å². The summed E-state index contributed by atoms with van der Waals surface area (Å²) in [4.78, 5) is 0. The normalized spacial score (nSPS) is 17.6. The van der Waals surface area contributed by atoms with Crippen molar-refractivity contribution >= 4 is 48.4 Å². The van der Waals surface area contributed by atoms with Crippen molar-refractivity contribution in [3.63, 3.8) is 0 Å². The van der Waals surface area contributed by atoms with Crippen molar-refractivity contribution in [3.05, 3.63) is 0 Å². The molecule has 6 heteroatoms. The maximum absolute atomic E-state index is 2.52. The predicted octanol–water partition coefficient (Wildman–Crippen LogP) is 20.3. The van der Waals surface area contributed by atoms with Crippen molar-refractivity contribution < 1.29 is 0 Å². The summed E-state index contributed by atoms with van der Waals surface area (Å²) in [6.07, 6.45) is 14.8. The molecule has 0 spiro atoms. The topological polar surface area (TPSA) is 0 Å². The van der Waals surface area contributed by atoms with Crippen LogP contribution in [0.15, 0.2) is 0 Å². The van der Waals surface area contributed by atoms with Gasteiger partial charge in [-0.05, 0) is 53.8 Å². The SMILES string of the molecule is CC(C)(C)C[Si](C)(C)C.CC(C)C[Si](C)(C)C.CC(C)C[Si](C)(C)C.CC1(C[Si](C)(C)C)CCCC1.CC1(C[Si](C)(C)C)CCCCC1.CCC[Si](C)(C)C. The fourth-order valence-electron chi connectivity index (χ4n) is 10.3. The molecule has 2 aliphatic carbocycles. The zero-order valence-electron chi connectivity index (χ0n) is 45.0. The minimum atomic E-state index is -0.817. The van der Waals surface area contributed by atoms with Gasteiger partial charge in [0.25, 0.3) is 0 Å². The first kappa shape index (κ1) is 62.9. The van der Waals surface area contributed by atoms with Gasteiger partial charge in [0.05, 0.1) is 0 Å². The van der Waals surface area contributed by atoms with E-state index >= 15 is 0 Å². The Morgan fingerprint density at radius 2 is 0.691 bits per heavy atom. The van der Waals surface area contributed by atoms with Crippen LogP contribution in [0.5, 0.6) is 0 Å². The minimum absolute atomic E-state index is 0.546. The van der Waals surface area contributed by atoms with Crippen LogP contribution in [0.4, 0.5) is 0 Å². The van der Waals surface area contributed by atoms with E-state index in [1.54, 1.807) is 12.1 Å². The van der Waals surface area contributed by atoms with Crippen LogP contribution in [0.2, 0.25) is 154 Å². The molecule has 2 rings (SSSR count). The summed E-state index contributed by atoms with van der Waals surface area (Å²) in [6, 6.07) is 8.92. The minimum Gasteiger partial charge on any atom is -0.0695 e. The van der Waals surface area contributed by atoms with Gasteiger partial charge in [-0.3, -0.25) is 0 Å². The second kappa shape index (κ2) is 27.3. The van der Waals surface area contributed by atoms with Crippen molar-refractivity contribution in [1.82, 2.24) is 0 Å². The summed E-state index contributed by atoms with van der Waals surface area (Å²) >= 11 is 0. The van der Waals surface area contributed by atoms with Crippen molar-refractivity contribution in [1.29, 1.82) is 0 Å². The Labute approximate surface area is 362 Å². The lowest BCUT2D eigenvalue weighted by atomic mass is 9.77. The molecule has 2 aliphatic rings. The molecule has 0 aliphatic heterocycles. The van der Waals surface area contributed by atoms with Gasteiger partial charge in [-0.2, -0.15) is 0 Å². The van der Waals surface area contributed by atoms with Gasteiger partial charge in [0.1, 0.15) is 0 Å². The fraction of sp³-hybridized carbons (Fsp3) is 1.00. The van der Waals surface area contributed by atoms with E-state index in [0.717, 1.165) is 22.7 Å². The third kappa shape index (κ3) is 57.4. The Bertz CT molecular complexity index is 858. The van der Waals surface area contributed by atoms with Crippen LogP contribution in [-0.4, -0.2) is 48.4 Å². The molecule has 0 saturated heterocycles. The molecule has 0 amide bonds. The molecular formula is C49H118Si6. The first-order valence-corrected chi connectivity index (χ1v) is 46.2. The van der Waals surface area contributed by atoms with Gasteiger partial charge in [-0.15, -0.1) is 0 Å².